The van der Waals surface area contributed by atoms with Gasteiger partial charge in [0.15, 0.2) is 12.0 Å². The Kier molecular flexibility index (Phi) is 5.40. The monoisotopic (exact) mass is 452 g/mol. The van der Waals surface area contributed by atoms with E-state index in [0.717, 1.165) is 5.56 Å². The number of aromatic nitrogens is 3. The van der Waals surface area contributed by atoms with Gasteiger partial charge in [0.2, 0.25) is 0 Å². The molecule has 10 heteroatoms. The molecule has 0 spiro atoms. The first-order valence-electron chi connectivity index (χ1n) is 8.95. The molecule has 0 radical (unpaired) electrons. The second-order valence-electron chi connectivity index (χ2n) is 7.35. The molecule has 0 amide bonds. The highest BCUT2D eigenvalue weighted by molar-refractivity contribution is 7.04. The minimum Gasteiger partial charge on any atom is -0.385 e. The summed E-state index contributed by atoms with van der Waals surface area (Å²) in [5, 5.41) is 23.6. The van der Waals surface area contributed by atoms with Crippen molar-refractivity contribution in [3.05, 3.63) is 52.4 Å². The number of rotatable bonds is 4. The summed E-state index contributed by atoms with van der Waals surface area (Å²) in [4.78, 5) is 8.39. The van der Waals surface area contributed by atoms with E-state index >= 15 is 0 Å². The molecule has 4 rings (SSSR count). The molecule has 2 aromatic heterocycles. The summed E-state index contributed by atoms with van der Waals surface area (Å²) in [6, 6.07) is 7.07. The lowest BCUT2D eigenvalue weighted by atomic mass is 9.83. The van der Waals surface area contributed by atoms with Crippen molar-refractivity contribution in [2.75, 3.05) is 0 Å². The zero-order valence-electron chi connectivity index (χ0n) is 15.6. The van der Waals surface area contributed by atoms with Crippen molar-refractivity contribution in [3.8, 4) is 0 Å². The van der Waals surface area contributed by atoms with Gasteiger partial charge in [-0.25, -0.2) is 14.7 Å². The average Bonchev–Trinajstić information content (AvgIpc) is 3.22. The van der Waals surface area contributed by atoms with Crippen molar-refractivity contribution >= 4 is 49.1 Å². The lowest BCUT2D eigenvalue weighted by Gasteiger charge is -2.30. The summed E-state index contributed by atoms with van der Waals surface area (Å²) >= 11 is 12.2. The molecular formula is C19H19Cl2N4O3P. The normalized spacial score (nSPS) is 28.0. The van der Waals surface area contributed by atoms with Crippen LogP contribution in [-0.4, -0.2) is 42.6 Å². The SMILES string of the molecule is C[C@H](c1ccc(Cl)c(Cl)c1)[C@H]1O[C@@H](n2ccc3c(N=P)ncnc32)[C@H](O)[C@]1(C)O. The third-order valence-electron chi connectivity index (χ3n) is 5.52. The molecule has 29 heavy (non-hydrogen) atoms. The molecule has 1 aliphatic heterocycles. The molecule has 0 unspecified atom stereocenters. The van der Waals surface area contributed by atoms with Gasteiger partial charge in [0.25, 0.3) is 0 Å². The zero-order valence-corrected chi connectivity index (χ0v) is 18.1. The van der Waals surface area contributed by atoms with Gasteiger partial charge < -0.3 is 19.5 Å². The van der Waals surface area contributed by atoms with Gasteiger partial charge in [0.1, 0.15) is 23.7 Å². The number of benzene rings is 1. The van der Waals surface area contributed by atoms with Crippen LogP contribution in [0.1, 0.15) is 31.6 Å². The van der Waals surface area contributed by atoms with Crippen LogP contribution in [0.25, 0.3) is 11.0 Å². The minimum absolute atomic E-state index is 0.260. The van der Waals surface area contributed by atoms with Gasteiger partial charge in [0.05, 0.1) is 21.5 Å². The van der Waals surface area contributed by atoms with E-state index in [4.69, 9.17) is 27.9 Å². The van der Waals surface area contributed by atoms with Crippen LogP contribution >= 0.6 is 32.2 Å². The van der Waals surface area contributed by atoms with E-state index in [0.29, 0.717) is 26.9 Å². The van der Waals surface area contributed by atoms with Gasteiger partial charge in [-0.1, -0.05) is 36.2 Å². The number of ether oxygens (including phenoxy) is 1. The minimum atomic E-state index is -1.51. The molecule has 2 N–H and O–H groups in total. The Labute approximate surface area is 179 Å². The average molecular weight is 453 g/mol. The summed E-state index contributed by atoms with van der Waals surface area (Å²) in [5.41, 5.74) is -0.126. The maximum atomic E-state index is 11.1. The number of halogens is 2. The van der Waals surface area contributed by atoms with Gasteiger partial charge in [-0.2, -0.15) is 0 Å². The first-order valence-corrected chi connectivity index (χ1v) is 10.2. The van der Waals surface area contributed by atoms with E-state index in [1.54, 1.807) is 35.9 Å². The van der Waals surface area contributed by atoms with Gasteiger partial charge in [-0.3, -0.25) is 0 Å². The van der Waals surface area contributed by atoms with Crippen LogP contribution in [0, 0.1) is 0 Å². The van der Waals surface area contributed by atoms with Crippen molar-refractivity contribution in [2.24, 2.45) is 4.74 Å². The molecule has 0 bridgehead atoms. The number of hydrogen-bond donors (Lipinski definition) is 2. The van der Waals surface area contributed by atoms with E-state index in [1.807, 2.05) is 13.0 Å². The Hall–Kier alpha value is -1.60. The third-order valence-corrected chi connectivity index (χ3v) is 6.47. The lowest BCUT2D eigenvalue weighted by Crippen LogP contribution is -2.46. The molecule has 1 aromatic carbocycles. The number of aliphatic hydroxyl groups is 2. The number of hydrogen-bond acceptors (Lipinski definition) is 6. The molecule has 0 aliphatic carbocycles. The van der Waals surface area contributed by atoms with E-state index in [2.05, 4.69) is 23.7 Å². The Morgan fingerprint density at radius 2 is 2.03 bits per heavy atom. The number of nitrogens with zero attached hydrogens (tertiary/aromatic N) is 4. The zero-order chi connectivity index (χ0) is 20.9. The molecule has 5 atom stereocenters. The fraction of sp³-hybridized carbons (Fsp3) is 0.368. The van der Waals surface area contributed by atoms with Gasteiger partial charge in [0, 0.05) is 12.1 Å². The summed E-state index contributed by atoms with van der Waals surface area (Å²) in [6.07, 6.45) is 0.394. The largest absolute Gasteiger partial charge is 0.385 e. The summed E-state index contributed by atoms with van der Waals surface area (Å²) in [6.45, 7) is 3.47. The van der Waals surface area contributed by atoms with Crippen molar-refractivity contribution in [3.63, 3.8) is 0 Å². The first-order chi connectivity index (χ1) is 13.8. The molecule has 1 fully saturated rings. The number of fused-ring (bicyclic) bond motifs is 1. The highest BCUT2D eigenvalue weighted by Crippen LogP contribution is 2.44. The molecule has 1 aliphatic rings. The predicted molar refractivity (Wildman–Crippen MR) is 113 cm³/mol. The third kappa shape index (κ3) is 3.36. The predicted octanol–water partition coefficient (Wildman–Crippen LogP) is 4.51. The van der Waals surface area contributed by atoms with E-state index in [1.165, 1.54) is 6.33 Å². The van der Waals surface area contributed by atoms with E-state index < -0.39 is 24.0 Å². The van der Waals surface area contributed by atoms with Crippen molar-refractivity contribution < 1.29 is 14.9 Å². The van der Waals surface area contributed by atoms with Gasteiger partial charge >= 0.3 is 0 Å². The maximum Gasteiger partial charge on any atom is 0.168 e. The Morgan fingerprint density at radius 1 is 1.28 bits per heavy atom. The van der Waals surface area contributed by atoms with Crippen LogP contribution in [0.4, 0.5) is 5.82 Å². The van der Waals surface area contributed by atoms with E-state index in [9.17, 15) is 10.2 Å². The second kappa shape index (κ2) is 7.58. The van der Waals surface area contributed by atoms with Crippen molar-refractivity contribution in [1.82, 2.24) is 14.5 Å². The Balaban J connectivity index is 1.71. The first kappa shape index (κ1) is 20.7. The van der Waals surface area contributed by atoms with Crippen molar-refractivity contribution in [1.29, 1.82) is 0 Å². The molecule has 3 aromatic rings. The quantitative estimate of drug-likeness (QED) is 0.568. The van der Waals surface area contributed by atoms with Gasteiger partial charge in [-0.15, -0.1) is 0 Å². The van der Waals surface area contributed by atoms with Crippen LogP contribution in [0.15, 0.2) is 41.5 Å². The fourth-order valence-electron chi connectivity index (χ4n) is 3.88. The summed E-state index contributed by atoms with van der Waals surface area (Å²) < 4.78 is 11.8. The maximum absolute atomic E-state index is 11.1. The highest BCUT2D eigenvalue weighted by atomic mass is 35.5. The molecular weight excluding hydrogens is 434 g/mol. The van der Waals surface area contributed by atoms with Crippen LogP contribution in [0.3, 0.4) is 0 Å². The lowest BCUT2D eigenvalue weighted by molar-refractivity contribution is -0.0704. The van der Waals surface area contributed by atoms with Crippen LogP contribution in [0.5, 0.6) is 0 Å². The molecule has 7 nitrogen and oxygen atoms in total. The van der Waals surface area contributed by atoms with Crippen LogP contribution in [-0.2, 0) is 4.74 Å². The van der Waals surface area contributed by atoms with Crippen LogP contribution in [0.2, 0.25) is 10.0 Å². The standard InChI is InChI=1S/C19H19Cl2N4O3P/c1-9(10-3-4-12(20)13(21)7-10)15-19(2,27)14(26)18(28-15)25-6-5-11-16(24-29)22-8-23-17(11)25/h3-9,14-15,18,26-27,29H,1-2H3/t9-,14+,15-,18-,19+/m1/s1. The topological polar surface area (TPSA) is 92.8 Å². The number of aliphatic hydroxyl groups excluding tert-OH is 1. The smallest absolute Gasteiger partial charge is 0.168 e. The van der Waals surface area contributed by atoms with E-state index in [-0.39, 0.29) is 5.92 Å². The second-order valence-corrected chi connectivity index (χ2v) is 8.39. The summed E-state index contributed by atoms with van der Waals surface area (Å²) in [7, 11) is 3.10. The Bertz CT molecular complexity index is 1090. The molecule has 152 valence electrons. The van der Waals surface area contributed by atoms with Crippen LogP contribution < -0.4 is 0 Å². The fourth-order valence-corrected chi connectivity index (χ4v) is 4.37. The summed E-state index contributed by atoms with van der Waals surface area (Å²) in [5.74, 6) is 0.203. The molecule has 0 saturated carbocycles. The Morgan fingerprint density at radius 3 is 2.72 bits per heavy atom. The molecule has 3 heterocycles. The molecule has 1 saturated heterocycles. The highest BCUT2D eigenvalue weighted by Gasteiger charge is 2.55. The van der Waals surface area contributed by atoms with Gasteiger partial charge in [-0.05, 0) is 39.7 Å². The van der Waals surface area contributed by atoms with Crippen molar-refractivity contribution in [2.45, 2.75) is 43.8 Å².